The van der Waals surface area contributed by atoms with Crippen LogP contribution in [0.2, 0.25) is 0 Å². The summed E-state index contributed by atoms with van der Waals surface area (Å²) in [7, 11) is 0. The highest BCUT2D eigenvalue weighted by atomic mass is 79.9. The largest absolute Gasteiger partial charge is 0.478 e. The number of furan rings is 1. The van der Waals surface area contributed by atoms with Gasteiger partial charge < -0.3 is 9.52 Å². The molecule has 0 aliphatic heterocycles. The molecule has 2 aromatic carbocycles. The molecule has 2 heterocycles. The summed E-state index contributed by atoms with van der Waals surface area (Å²) < 4.78 is 20.1. The van der Waals surface area contributed by atoms with Gasteiger partial charge in [0, 0.05) is 15.2 Å². The molecule has 0 amide bonds. The molecule has 24 heavy (non-hydrogen) atoms. The van der Waals surface area contributed by atoms with Gasteiger partial charge in [-0.25, -0.2) is 14.2 Å². The van der Waals surface area contributed by atoms with E-state index in [1.807, 2.05) is 18.2 Å². The standard InChI is InChI=1S/C18H9BrFNO3/c19-10-1-4-16-9(5-10)6-17(24-16)15-8-13(18(22)23)12-7-11(20)2-3-14(12)21-15/h1-8H,(H,22,23). The first-order chi connectivity index (χ1) is 11.5. The third kappa shape index (κ3) is 2.45. The van der Waals surface area contributed by atoms with Gasteiger partial charge in [-0.15, -0.1) is 0 Å². The highest BCUT2D eigenvalue weighted by Crippen LogP contribution is 2.31. The monoisotopic (exact) mass is 385 g/mol. The minimum Gasteiger partial charge on any atom is -0.478 e. The van der Waals surface area contributed by atoms with Crippen LogP contribution in [0.3, 0.4) is 0 Å². The lowest BCUT2D eigenvalue weighted by Gasteiger charge is -2.05. The van der Waals surface area contributed by atoms with Gasteiger partial charge >= 0.3 is 5.97 Å². The van der Waals surface area contributed by atoms with Crippen LogP contribution >= 0.6 is 15.9 Å². The molecule has 4 rings (SSSR count). The molecule has 0 radical (unpaired) electrons. The maximum atomic E-state index is 13.4. The zero-order chi connectivity index (χ0) is 16.8. The van der Waals surface area contributed by atoms with E-state index in [0.717, 1.165) is 9.86 Å². The number of carboxylic acid groups (broad SMARTS) is 1. The molecule has 0 fully saturated rings. The van der Waals surface area contributed by atoms with Gasteiger partial charge in [-0.1, -0.05) is 15.9 Å². The molecular weight excluding hydrogens is 377 g/mol. The van der Waals surface area contributed by atoms with E-state index in [1.54, 1.807) is 6.07 Å². The van der Waals surface area contributed by atoms with Crippen molar-refractivity contribution in [3.8, 4) is 11.5 Å². The fourth-order valence-electron chi connectivity index (χ4n) is 2.64. The summed E-state index contributed by atoms with van der Waals surface area (Å²) in [6.07, 6.45) is 0. The zero-order valence-corrected chi connectivity index (χ0v) is 13.7. The molecule has 4 nitrogen and oxygen atoms in total. The Bertz CT molecular complexity index is 1120. The number of aromatic carboxylic acids is 1. The normalized spacial score (nSPS) is 11.2. The first-order valence-electron chi connectivity index (χ1n) is 7.04. The molecule has 0 saturated carbocycles. The molecule has 0 aliphatic carbocycles. The number of rotatable bonds is 2. The summed E-state index contributed by atoms with van der Waals surface area (Å²) in [5.41, 5.74) is 1.44. The first-order valence-corrected chi connectivity index (χ1v) is 7.83. The number of aromatic nitrogens is 1. The second-order valence-electron chi connectivity index (χ2n) is 5.31. The van der Waals surface area contributed by atoms with E-state index < -0.39 is 11.8 Å². The Morgan fingerprint density at radius 3 is 2.75 bits per heavy atom. The maximum absolute atomic E-state index is 13.4. The summed E-state index contributed by atoms with van der Waals surface area (Å²) in [5, 5.41) is 10.6. The number of carboxylic acids is 1. The van der Waals surface area contributed by atoms with E-state index in [0.29, 0.717) is 22.6 Å². The average Bonchev–Trinajstić information content (AvgIpc) is 2.96. The molecule has 118 valence electrons. The Morgan fingerprint density at radius 2 is 1.96 bits per heavy atom. The van der Waals surface area contributed by atoms with Crippen molar-refractivity contribution < 1.29 is 18.7 Å². The number of fused-ring (bicyclic) bond motifs is 2. The smallest absolute Gasteiger partial charge is 0.336 e. The van der Waals surface area contributed by atoms with E-state index >= 15 is 0 Å². The third-order valence-corrected chi connectivity index (χ3v) is 4.23. The van der Waals surface area contributed by atoms with Gasteiger partial charge in [-0.2, -0.15) is 0 Å². The summed E-state index contributed by atoms with van der Waals surface area (Å²) in [6, 6.07) is 12.6. The molecule has 6 heteroatoms. The van der Waals surface area contributed by atoms with Gasteiger partial charge in [0.25, 0.3) is 0 Å². The number of pyridine rings is 1. The van der Waals surface area contributed by atoms with Crippen LogP contribution < -0.4 is 0 Å². The van der Waals surface area contributed by atoms with Crippen LogP contribution in [0.4, 0.5) is 4.39 Å². The highest BCUT2D eigenvalue weighted by molar-refractivity contribution is 9.10. The van der Waals surface area contributed by atoms with Gasteiger partial charge in [0.05, 0.1) is 11.1 Å². The van der Waals surface area contributed by atoms with Gasteiger partial charge in [0.2, 0.25) is 0 Å². The van der Waals surface area contributed by atoms with Gasteiger partial charge in [0.15, 0.2) is 5.76 Å². The van der Waals surface area contributed by atoms with Crippen molar-refractivity contribution in [1.82, 2.24) is 4.98 Å². The number of nitrogens with zero attached hydrogens (tertiary/aromatic N) is 1. The topological polar surface area (TPSA) is 63.3 Å². The predicted molar refractivity (Wildman–Crippen MR) is 91.6 cm³/mol. The number of benzene rings is 2. The minimum atomic E-state index is -1.15. The molecule has 0 unspecified atom stereocenters. The van der Waals surface area contributed by atoms with Gasteiger partial charge in [0.1, 0.15) is 17.1 Å². The average molecular weight is 386 g/mol. The molecule has 0 bridgehead atoms. The summed E-state index contributed by atoms with van der Waals surface area (Å²) in [4.78, 5) is 16.0. The quantitative estimate of drug-likeness (QED) is 0.511. The van der Waals surface area contributed by atoms with E-state index in [2.05, 4.69) is 20.9 Å². The van der Waals surface area contributed by atoms with Crippen LogP contribution in [0.15, 0.2) is 57.4 Å². The minimum absolute atomic E-state index is 0.0175. The fourth-order valence-corrected chi connectivity index (χ4v) is 3.02. The van der Waals surface area contributed by atoms with Crippen molar-refractivity contribution in [2.75, 3.05) is 0 Å². The molecule has 0 atom stereocenters. The van der Waals surface area contributed by atoms with Crippen molar-refractivity contribution in [1.29, 1.82) is 0 Å². The van der Waals surface area contributed by atoms with Crippen molar-refractivity contribution in [2.24, 2.45) is 0 Å². The second kappa shape index (κ2) is 5.42. The first kappa shape index (κ1) is 14.8. The van der Waals surface area contributed by atoms with Crippen LogP contribution in [0.1, 0.15) is 10.4 Å². The van der Waals surface area contributed by atoms with Crippen molar-refractivity contribution >= 4 is 43.8 Å². The van der Waals surface area contributed by atoms with E-state index in [4.69, 9.17) is 4.42 Å². The van der Waals surface area contributed by atoms with E-state index in [9.17, 15) is 14.3 Å². The highest BCUT2D eigenvalue weighted by Gasteiger charge is 2.16. The summed E-state index contributed by atoms with van der Waals surface area (Å²) in [6.45, 7) is 0. The van der Waals surface area contributed by atoms with Crippen molar-refractivity contribution in [3.63, 3.8) is 0 Å². The van der Waals surface area contributed by atoms with Crippen LogP contribution in [0, 0.1) is 5.82 Å². The Kier molecular flexibility index (Phi) is 3.35. The lowest BCUT2D eigenvalue weighted by atomic mass is 10.1. The number of hydrogen-bond acceptors (Lipinski definition) is 3. The Labute approximate surface area is 143 Å². The molecule has 2 aromatic heterocycles. The molecule has 4 aromatic rings. The van der Waals surface area contributed by atoms with Crippen LogP contribution in [0.5, 0.6) is 0 Å². The van der Waals surface area contributed by atoms with E-state index in [1.165, 1.54) is 24.3 Å². The summed E-state index contributed by atoms with van der Waals surface area (Å²) in [5.74, 6) is -1.20. The van der Waals surface area contributed by atoms with Gasteiger partial charge in [-0.3, -0.25) is 0 Å². The Morgan fingerprint density at radius 1 is 1.12 bits per heavy atom. The van der Waals surface area contributed by atoms with Crippen LogP contribution in [0.25, 0.3) is 33.3 Å². The van der Waals surface area contributed by atoms with Crippen LogP contribution in [-0.2, 0) is 0 Å². The number of carbonyl (C=O) groups is 1. The van der Waals surface area contributed by atoms with E-state index in [-0.39, 0.29) is 10.9 Å². The molecule has 0 aliphatic rings. The van der Waals surface area contributed by atoms with Crippen LogP contribution in [-0.4, -0.2) is 16.1 Å². The summed E-state index contributed by atoms with van der Waals surface area (Å²) >= 11 is 3.40. The fraction of sp³-hybridized carbons (Fsp3) is 0. The lowest BCUT2D eigenvalue weighted by Crippen LogP contribution is -2.00. The Balaban J connectivity index is 1.98. The molecule has 0 spiro atoms. The van der Waals surface area contributed by atoms with Gasteiger partial charge in [-0.05, 0) is 48.5 Å². The van der Waals surface area contributed by atoms with Crippen molar-refractivity contribution in [2.45, 2.75) is 0 Å². The zero-order valence-electron chi connectivity index (χ0n) is 12.1. The third-order valence-electron chi connectivity index (χ3n) is 3.73. The SMILES string of the molecule is O=C(O)c1cc(-c2cc3cc(Br)ccc3o2)nc2ccc(F)cc12. The number of hydrogen-bond donors (Lipinski definition) is 1. The molecular formula is C18H9BrFNO3. The molecule has 0 saturated heterocycles. The predicted octanol–water partition coefficient (Wildman–Crippen LogP) is 5.25. The van der Waals surface area contributed by atoms with Crippen molar-refractivity contribution in [3.05, 3.63) is 64.4 Å². The lowest BCUT2D eigenvalue weighted by molar-refractivity contribution is 0.0699. The maximum Gasteiger partial charge on any atom is 0.336 e. The molecule has 1 N–H and O–H groups in total. The number of halogens is 2. The Hall–Kier alpha value is -2.73. The second-order valence-corrected chi connectivity index (χ2v) is 6.23.